The van der Waals surface area contributed by atoms with Crippen LogP contribution in [0.4, 0.5) is 5.69 Å². The Hall–Kier alpha value is -3.88. The Bertz CT molecular complexity index is 1030. The molecule has 1 unspecified atom stereocenters. The van der Waals surface area contributed by atoms with Crippen LogP contribution in [0.1, 0.15) is 34.6 Å². The highest BCUT2D eigenvalue weighted by Crippen LogP contribution is 2.28. The van der Waals surface area contributed by atoms with E-state index in [1.54, 1.807) is 44.2 Å². The second-order valence-corrected chi connectivity index (χ2v) is 7.50. The number of ether oxygens (including phenoxy) is 3. The number of anilines is 1. The summed E-state index contributed by atoms with van der Waals surface area (Å²) in [6.07, 6.45) is 0. The Labute approximate surface area is 185 Å². The molecular weight excluding hydrogens is 416 g/mol. The number of fused-ring (bicyclic) bond motifs is 1. The van der Waals surface area contributed by atoms with Gasteiger partial charge in [-0.3, -0.25) is 14.4 Å². The van der Waals surface area contributed by atoms with Crippen molar-refractivity contribution in [1.29, 1.82) is 0 Å². The van der Waals surface area contributed by atoms with Crippen LogP contribution in [0.15, 0.2) is 42.5 Å². The van der Waals surface area contributed by atoms with E-state index in [2.05, 4.69) is 10.6 Å². The van der Waals surface area contributed by atoms with Crippen molar-refractivity contribution in [2.75, 3.05) is 25.6 Å². The lowest BCUT2D eigenvalue weighted by Crippen LogP contribution is -2.45. The molecule has 2 aromatic carbocycles. The van der Waals surface area contributed by atoms with Crippen molar-refractivity contribution in [1.82, 2.24) is 5.32 Å². The smallest absolute Gasteiger partial charge is 0.329 e. The standard InChI is InChI=1S/C23H24N2O7/c1-13(2)21(25-22(28)14-4-7-16(30-3)8-5-14)23(29)32-11-18(26)15-6-9-19-17(10-15)24-20(27)12-31-19/h4-10,13,21H,11-12H2,1-3H3,(H,24,27)(H,25,28). The Kier molecular flexibility index (Phi) is 7.09. The summed E-state index contributed by atoms with van der Waals surface area (Å²) in [5, 5.41) is 5.27. The molecule has 0 bridgehead atoms. The van der Waals surface area contributed by atoms with Gasteiger partial charge in [-0.05, 0) is 48.4 Å². The molecule has 0 aromatic heterocycles. The average molecular weight is 440 g/mol. The number of carbonyl (C=O) groups is 4. The van der Waals surface area contributed by atoms with Gasteiger partial charge in [-0.2, -0.15) is 0 Å². The fraction of sp³-hybridized carbons (Fsp3) is 0.304. The Morgan fingerprint density at radius 3 is 2.44 bits per heavy atom. The molecule has 1 aliphatic rings. The molecule has 0 spiro atoms. The monoisotopic (exact) mass is 440 g/mol. The molecule has 32 heavy (non-hydrogen) atoms. The third-order valence-electron chi connectivity index (χ3n) is 4.84. The molecule has 0 fully saturated rings. The molecule has 0 saturated carbocycles. The largest absolute Gasteiger partial charge is 0.497 e. The molecule has 9 nitrogen and oxygen atoms in total. The van der Waals surface area contributed by atoms with Gasteiger partial charge >= 0.3 is 5.97 Å². The quantitative estimate of drug-likeness (QED) is 0.477. The fourth-order valence-corrected chi connectivity index (χ4v) is 3.03. The zero-order valence-electron chi connectivity index (χ0n) is 18.0. The second-order valence-electron chi connectivity index (χ2n) is 7.50. The van der Waals surface area contributed by atoms with Gasteiger partial charge in [-0.15, -0.1) is 0 Å². The third-order valence-corrected chi connectivity index (χ3v) is 4.84. The van der Waals surface area contributed by atoms with Crippen molar-refractivity contribution in [3.05, 3.63) is 53.6 Å². The molecule has 1 aliphatic heterocycles. The molecule has 3 rings (SSSR count). The Morgan fingerprint density at radius 2 is 1.78 bits per heavy atom. The highest BCUT2D eigenvalue weighted by Gasteiger charge is 2.27. The molecule has 0 saturated heterocycles. The van der Waals surface area contributed by atoms with Gasteiger partial charge in [0.15, 0.2) is 19.0 Å². The van der Waals surface area contributed by atoms with E-state index in [4.69, 9.17) is 14.2 Å². The van der Waals surface area contributed by atoms with Gasteiger partial charge < -0.3 is 24.8 Å². The maximum atomic E-state index is 12.6. The van der Waals surface area contributed by atoms with Crippen LogP contribution in [0.3, 0.4) is 0 Å². The van der Waals surface area contributed by atoms with E-state index in [9.17, 15) is 19.2 Å². The summed E-state index contributed by atoms with van der Waals surface area (Å²) >= 11 is 0. The van der Waals surface area contributed by atoms with Crippen LogP contribution in [-0.2, 0) is 14.3 Å². The Balaban J connectivity index is 1.61. The average Bonchev–Trinajstić information content (AvgIpc) is 2.79. The van der Waals surface area contributed by atoms with Crippen molar-refractivity contribution in [3.8, 4) is 11.5 Å². The number of hydrogen-bond acceptors (Lipinski definition) is 7. The van der Waals surface area contributed by atoms with Gasteiger partial charge in [0.1, 0.15) is 17.5 Å². The summed E-state index contributed by atoms with van der Waals surface area (Å²) in [5.41, 5.74) is 0.995. The second kappa shape index (κ2) is 9.95. The number of Topliss-reactive ketones (excluding diaryl/α,β-unsaturated/α-hetero) is 1. The zero-order chi connectivity index (χ0) is 23.3. The molecule has 0 radical (unpaired) electrons. The number of amides is 2. The molecule has 1 heterocycles. The van der Waals surface area contributed by atoms with Crippen LogP contribution in [0, 0.1) is 5.92 Å². The van der Waals surface area contributed by atoms with Gasteiger partial charge in [-0.25, -0.2) is 4.79 Å². The molecular formula is C23H24N2O7. The van der Waals surface area contributed by atoms with E-state index >= 15 is 0 Å². The van der Waals surface area contributed by atoms with Crippen molar-refractivity contribution in [3.63, 3.8) is 0 Å². The first-order valence-corrected chi connectivity index (χ1v) is 10.00. The van der Waals surface area contributed by atoms with Gasteiger partial charge in [0.05, 0.1) is 12.8 Å². The molecule has 168 valence electrons. The summed E-state index contributed by atoms with van der Waals surface area (Å²) < 4.78 is 15.5. The van der Waals surface area contributed by atoms with Crippen LogP contribution in [0.2, 0.25) is 0 Å². The van der Waals surface area contributed by atoms with Gasteiger partial charge in [0.25, 0.3) is 11.8 Å². The molecule has 0 aliphatic carbocycles. The lowest BCUT2D eigenvalue weighted by molar-refractivity contribution is -0.146. The summed E-state index contributed by atoms with van der Waals surface area (Å²) in [4.78, 5) is 49.0. The van der Waals surface area contributed by atoms with Crippen LogP contribution in [0.25, 0.3) is 0 Å². The van der Waals surface area contributed by atoms with Crippen LogP contribution in [-0.4, -0.2) is 49.9 Å². The van der Waals surface area contributed by atoms with Gasteiger partial charge in [-0.1, -0.05) is 13.8 Å². The summed E-state index contributed by atoms with van der Waals surface area (Å²) in [6, 6.07) is 10.1. The van der Waals surface area contributed by atoms with E-state index in [0.29, 0.717) is 22.7 Å². The Morgan fingerprint density at radius 1 is 1.09 bits per heavy atom. The first kappa shape index (κ1) is 22.8. The van der Waals surface area contributed by atoms with E-state index in [-0.39, 0.29) is 24.0 Å². The minimum absolute atomic E-state index is 0.0866. The summed E-state index contributed by atoms with van der Waals surface area (Å²) in [5.74, 6) is -1.14. The number of nitrogens with one attached hydrogen (secondary N) is 2. The van der Waals surface area contributed by atoms with E-state index in [1.807, 2.05) is 0 Å². The number of carbonyl (C=O) groups excluding carboxylic acids is 4. The third kappa shape index (κ3) is 5.42. The lowest BCUT2D eigenvalue weighted by atomic mass is 10.0. The van der Waals surface area contributed by atoms with Crippen molar-refractivity contribution < 1.29 is 33.4 Å². The van der Waals surface area contributed by atoms with Gasteiger partial charge in [0, 0.05) is 11.1 Å². The maximum absolute atomic E-state index is 12.6. The first-order valence-electron chi connectivity index (χ1n) is 10.00. The number of esters is 1. The van der Waals surface area contributed by atoms with Crippen molar-refractivity contribution in [2.24, 2.45) is 5.92 Å². The summed E-state index contributed by atoms with van der Waals surface area (Å²) in [6.45, 7) is 2.92. The van der Waals surface area contributed by atoms with E-state index in [1.165, 1.54) is 19.2 Å². The number of methoxy groups -OCH3 is 1. The predicted octanol–water partition coefficient (Wildman–Crippen LogP) is 2.21. The number of hydrogen-bond donors (Lipinski definition) is 2. The molecule has 2 aromatic rings. The van der Waals surface area contributed by atoms with E-state index < -0.39 is 30.3 Å². The van der Waals surface area contributed by atoms with Crippen molar-refractivity contribution in [2.45, 2.75) is 19.9 Å². The zero-order valence-corrected chi connectivity index (χ0v) is 18.0. The van der Waals surface area contributed by atoms with Crippen LogP contribution < -0.4 is 20.1 Å². The molecule has 9 heteroatoms. The number of ketones is 1. The highest BCUT2D eigenvalue weighted by atomic mass is 16.5. The number of benzene rings is 2. The minimum atomic E-state index is -0.936. The minimum Gasteiger partial charge on any atom is -0.497 e. The van der Waals surface area contributed by atoms with Crippen LogP contribution >= 0.6 is 0 Å². The molecule has 2 amide bonds. The predicted molar refractivity (Wildman–Crippen MR) is 115 cm³/mol. The summed E-state index contributed by atoms with van der Waals surface area (Å²) in [7, 11) is 1.52. The SMILES string of the molecule is COc1ccc(C(=O)NC(C(=O)OCC(=O)c2ccc3c(c2)NC(=O)CO3)C(C)C)cc1. The highest BCUT2D eigenvalue weighted by molar-refractivity contribution is 6.02. The number of rotatable bonds is 8. The first-order chi connectivity index (χ1) is 15.3. The molecule has 2 N–H and O–H groups in total. The fourth-order valence-electron chi connectivity index (χ4n) is 3.03. The lowest BCUT2D eigenvalue weighted by Gasteiger charge is -2.21. The van der Waals surface area contributed by atoms with Crippen molar-refractivity contribution >= 4 is 29.3 Å². The normalized spacial score (nSPS) is 13.3. The van der Waals surface area contributed by atoms with Gasteiger partial charge in [0.2, 0.25) is 0 Å². The van der Waals surface area contributed by atoms with E-state index in [0.717, 1.165) is 0 Å². The topological polar surface area (TPSA) is 120 Å². The maximum Gasteiger partial charge on any atom is 0.329 e. The van der Waals surface area contributed by atoms with Crippen LogP contribution in [0.5, 0.6) is 11.5 Å². The molecule has 1 atom stereocenters.